The van der Waals surface area contributed by atoms with Crippen LogP contribution in [-0.4, -0.2) is 21.9 Å². The Morgan fingerprint density at radius 3 is 2.73 bits per heavy atom. The van der Waals surface area contributed by atoms with Crippen molar-refractivity contribution in [3.63, 3.8) is 0 Å². The van der Waals surface area contributed by atoms with Gasteiger partial charge in [-0.1, -0.05) is 0 Å². The van der Waals surface area contributed by atoms with Gasteiger partial charge >= 0.3 is 0 Å². The standard InChI is InChI=1S/C9H7Br2N3O/c1-15-7-4-13-14(5-7)9-8(11)2-6(10)3-12-9/h2-5H,1H3. The summed E-state index contributed by atoms with van der Waals surface area (Å²) in [5.41, 5.74) is 0. The van der Waals surface area contributed by atoms with Crippen molar-refractivity contribution in [2.24, 2.45) is 0 Å². The average molecular weight is 333 g/mol. The van der Waals surface area contributed by atoms with E-state index in [-0.39, 0.29) is 0 Å². The molecule has 2 heterocycles. The number of rotatable bonds is 2. The van der Waals surface area contributed by atoms with Gasteiger partial charge in [-0.3, -0.25) is 0 Å². The van der Waals surface area contributed by atoms with E-state index in [2.05, 4.69) is 41.9 Å². The fourth-order valence-electron chi connectivity index (χ4n) is 1.10. The first-order chi connectivity index (χ1) is 7.20. The van der Waals surface area contributed by atoms with Crippen molar-refractivity contribution >= 4 is 31.9 Å². The zero-order chi connectivity index (χ0) is 10.8. The summed E-state index contributed by atoms with van der Waals surface area (Å²) in [6.45, 7) is 0. The van der Waals surface area contributed by atoms with E-state index >= 15 is 0 Å². The number of ether oxygens (including phenoxy) is 1. The number of aromatic nitrogens is 3. The maximum atomic E-state index is 5.04. The van der Waals surface area contributed by atoms with Gasteiger partial charge in [0.05, 0.1) is 24.0 Å². The molecule has 0 saturated heterocycles. The summed E-state index contributed by atoms with van der Waals surface area (Å²) in [5, 5.41) is 4.13. The lowest BCUT2D eigenvalue weighted by molar-refractivity contribution is 0.414. The van der Waals surface area contributed by atoms with Crippen molar-refractivity contribution < 1.29 is 4.74 Å². The van der Waals surface area contributed by atoms with Crippen LogP contribution in [0.1, 0.15) is 0 Å². The van der Waals surface area contributed by atoms with Crippen LogP contribution in [-0.2, 0) is 0 Å². The Labute approximate surface area is 104 Å². The molecule has 0 fully saturated rings. The molecule has 0 aromatic carbocycles. The lowest BCUT2D eigenvalue weighted by atomic mass is 10.5. The number of methoxy groups -OCH3 is 1. The van der Waals surface area contributed by atoms with Crippen molar-refractivity contribution in [3.05, 3.63) is 33.6 Å². The Hall–Kier alpha value is -0.880. The van der Waals surface area contributed by atoms with Crippen molar-refractivity contribution in [2.75, 3.05) is 7.11 Å². The highest BCUT2D eigenvalue weighted by molar-refractivity contribution is 9.11. The van der Waals surface area contributed by atoms with Crippen molar-refractivity contribution in [2.45, 2.75) is 0 Å². The minimum atomic E-state index is 0.701. The first-order valence-electron chi connectivity index (χ1n) is 4.11. The Kier molecular flexibility index (Phi) is 3.06. The quantitative estimate of drug-likeness (QED) is 0.849. The Bertz CT molecular complexity index is 484. The molecule has 0 unspecified atom stereocenters. The van der Waals surface area contributed by atoms with Gasteiger partial charge in [-0.25, -0.2) is 9.67 Å². The van der Waals surface area contributed by atoms with Crippen LogP contribution in [0.15, 0.2) is 33.6 Å². The van der Waals surface area contributed by atoms with E-state index in [4.69, 9.17) is 4.74 Å². The molecule has 0 amide bonds. The minimum absolute atomic E-state index is 0.701. The minimum Gasteiger partial charge on any atom is -0.493 e. The smallest absolute Gasteiger partial charge is 0.167 e. The van der Waals surface area contributed by atoms with Crippen molar-refractivity contribution in [3.8, 4) is 11.6 Å². The van der Waals surface area contributed by atoms with E-state index in [0.717, 1.165) is 14.8 Å². The van der Waals surface area contributed by atoms with Gasteiger partial charge in [-0.15, -0.1) is 0 Å². The van der Waals surface area contributed by atoms with Crippen molar-refractivity contribution in [1.82, 2.24) is 14.8 Å². The maximum absolute atomic E-state index is 5.04. The molecule has 0 N–H and O–H groups in total. The fraction of sp³-hybridized carbons (Fsp3) is 0.111. The SMILES string of the molecule is COc1cnn(-c2ncc(Br)cc2Br)c1. The summed E-state index contributed by atoms with van der Waals surface area (Å²) in [6, 6.07) is 1.91. The van der Waals surface area contributed by atoms with E-state index in [0.29, 0.717) is 5.75 Å². The molecule has 0 saturated carbocycles. The molecule has 0 radical (unpaired) electrons. The molecule has 0 aliphatic carbocycles. The molecule has 6 heteroatoms. The number of nitrogens with zero attached hydrogens (tertiary/aromatic N) is 3. The molecule has 15 heavy (non-hydrogen) atoms. The van der Waals surface area contributed by atoms with Gasteiger partial charge < -0.3 is 4.74 Å². The first-order valence-corrected chi connectivity index (χ1v) is 5.69. The monoisotopic (exact) mass is 331 g/mol. The highest BCUT2D eigenvalue weighted by atomic mass is 79.9. The number of hydrogen-bond donors (Lipinski definition) is 0. The molecule has 2 aromatic heterocycles. The summed E-state index contributed by atoms with van der Waals surface area (Å²) >= 11 is 6.76. The van der Waals surface area contributed by atoms with E-state index in [1.54, 1.807) is 30.4 Å². The van der Waals surface area contributed by atoms with Gasteiger partial charge in [0.15, 0.2) is 11.6 Å². The molecular weight excluding hydrogens is 326 g/mol. The molecule has 0 aliphatic rings. The number of pyridine rings is 1. The molecule has 2 aromatic rings. The van der Waals surface area contributed by atoms with E-state index < -0.39 is 0 Å². The van der Waals surface area contributed by atoms with E-state index in [9.17, 15) is 0 Å². The highest BCUT2D eigenvalue weighted by Gasteiger charge is 2.06. The van der Waals surface area contributed by atoms with Crippen LogP contribution in [0.25, 0.3) is 5.82 Å². The summed E-state index contributed by atoms with van der Waals surface area (Å²) in [4.78, 5) is 4.25. The van der Waals surface area contributed by atoms with Gasteiger partial charge in [0, 0.05) is 10.7 Å². The zero-order valence-electron chi connectivity index (χ0n) is 7.82. The topological polar surface area (TPSA) is 39.9 Å². The third kappa shape index (κ3) is 2.21. The summed E-state index contributed by atoms with van der Waals surface area (Å²) in [5.74, 6) is 1.42. The number of hydrogen-bond acceptors (Lipinski definition) is 3. The molecule has 4 nitrogen and oxygen atoms in total. The van der Waals surface area contributed by atoms with Crippen molar-refractivity contribution in [1.29, 1.82) is 0 Å². The average Bonchev–Trinajstić information content (AvgIpc) is 2.66. The molecule has 0 spiro atoms. The number of halogens is 2. The molecular formula is C9H7Br2N3O. The third-order valence-electron chi connectivity index (χ3n) is 1.80. The zero-order valence-corrected chi connectivity index (χ0v) is 11.0. The van der Waals surface area contributed by atoms with Crippen LogP contribution in [0.3, 0.4) is 0 Å². The summed E-state index contributed by atoms with van der Waals surface area (Å²) < 4.78 is 8.47. The lowest BCUT2D eigenvalue weighted by Gasteiger charge is -2.02. The summed E-state index contributed by atoms with van der Waals surface area (Å²) in [6.07, 6.45) is 5.12. The van der Waals surface area contributed by atoms with Crippen LogP contribution in [0, 0.1) is 0 Å². The molecule has 0 atom stereocenters. The summed E-state index contributed by atoms with van der Waals surface area (Å²) in [7, 11) is 1.60. The maximum Gasteiger partial charge on any atom is 0.167 e. The predicted octanol–water partition coefficient (Wildman–Crippen LogP) is 2.80. The van der Waals surface area contributed by atoms with E-state index in [1.165, 1.54) is 0 Å². The van der Waals surface area contributed by atoms with Crippen LogP contribution in [0.5, 0.6) is 5.75 Å². The second kappa shape index (κ2) is 4.32. The molecule has 0 bridgehead atoms. The van der Waals surface area contributed by atoms with E-state index in [1.807, 2.05) is 6.07 Å². The molecule has 78 valence electrons. The largest absolute Gasteiger partial charge is 0.493 e. The normalized spacial score (nSPS) is 10.3. The van der Waals surface area contributed by atoms with Crippen LogP contribution in [0.4, 0.5) is 0 Å². The van der Waals surface area contributed by atoms with Crippen LogP contribution in [0.2, 0.25) is 0 Å². The predicted molar refractivity (Wildman–Crippen MR) is 63.3 cm³/mol. The van der Waals surface area contributed by atoms with Gasteiger partial charge in [-0.05, 0) is 37.9 Å². The fourth-order valence-corrected chi connectivity index (χ4v) is 2.27. The van der Waals surface area contributed by atoms with Gasteiger partial charge in [0.1, 0.15) is 0 Å². The Morgan fingerprint density at radius 1 is 1.33 bits per heavy atom. The van der Waals surface area contributed by atoms with Crippen LogP contribution < -0.4 is 4.74 Å². The highest BCUT2D eigenvalue weighted by Crippen LogP contribution is 2.23. The molecule has 0 aliphatic heterocycles. The first kappa shape index (κ1) is 10.6. The van der Waals surface area contributed by atoms with Crippen LogP contribution >= 0.6 is 31.9 Å². The van der Waals surface area contributed by atoms with Gasteiger partial charge in [0.2, 0.25) is 0 Å². The van der Waals surface area contributed by atoms with Gasteiger partial charge in [0.25, 0.3) is 0 Å². The Morgan fingerprint density at radius 2 is 2.13 bits per heavy atom. The van der Waals surface area contributed by atoms with Gasteiger partial charge in [-0.2, -0.15) is 5.10 Å². The lowest BCUT2D eigenvalue weighted by Crippen LogP contribution is -1.98. The molecule has 2 rings (SSSR count). The second-order valence-corrected chi connectivity index (χ2v) is 4.55. The third-order valence-corrected chi connectivity index (χ3v) is 2.82. The second-order valence-electron chi connectivity index (χ2n) is 2.78. The Balaban J connectivity index is 2.44.